The van der Waals surface area contributed by atoms with Crippen LogP contribution in [0.1, 0.15) is 29.2 Å². The molecule has 0 saturated carbocycles. The first-order chi connectivity index (χ1) is 16.0. The van der Waals surface area contributed by atoms with E-state index in [1.54, 1.807) is 13.2 Å². The largest absolute Gasteiger partial charge is 0.497 e. The highest BCUT2D eigenvalue weighted by Gasteiger charge is 2.44. The van der Waals surface area contributed by atoms with Crippen molar-refractivity contribution in [1.82, 2.24) is 20.8 Å². The first-order valence-corrected chi connectivity index (χ1v) is 12.0. The molecule has 5 rings (SSSR count). The lowest BCUT2D eigenvalue weighted by Crippen LogP contribution is -2.54. The summed E-state index contributed by atoms with van der Waals surface area (Å²) in [6, 6.07) is 14.4. The maximum atomic E-state index is 12.5. The molecule has 3 unspecified atom stereocenters. The lowest BCUT2D eigenvalue weighted by molar-refractivity contribution is -0.113. The number of hydrogen-bond donors (Lipinski definition) is 3. The zero-order valence-electron chi connectivity index (χ0n) is 18.9. The van der Waals surface area contributed by atoms with Gasteiger partial charge in [0.05, 0.1) is 24.9 Å². The molecule has 3 N–H and O–H groups in total. The van der Waals surface area contributed by atoms with E-state index in [1.807, 2.05) is 24.4 Å². The van der Waals surface area contributed by atoms with Crippen molar-refractivity contribution in [3.8, 4) is 5.75 Å². The highest BCUT2D eigenvalue weighted by molar-refractivity contribution is 8.14. The maximum Gasteiger partial charge on any atom is 0.234 e. The van der Waals surface area contributed by atoms with Crippen molar-refractivity contribution in [1.29, 1.82) is 0 Å². The molecule has 0 aromatic heterocycles. The van der Waals surface area contributed by atoms with Gasteiger partial charge in [0, 0.05) is 24.2 Å². The van der Waals surface area contributed by atoms with Crippen molar-refractivity contribution in [3.63, 3.8) is 0 Å². The predicted octanol–water partition coefficient (Wildman–Crippen LogP) is 3.29. The van der Waals surface area contributed by atoms with Crippen LogP contribution < -0.4 is 20.9 Å². The second-order valence-corrected chi connectivity index (χ2v) is 9.44. The van der Waals surface area contributed by atoms with Crippen LogP contribution in [0.25, 0.3) is 0 Å². The third-order valence-corrected chi connectivity index (χ3v) is 7.17. The molecule has 3 aliphatic rings. The first kappa shape index (κ1) is 21.7. The van der Waals surface area contributed by atoms with Gasteiger partial charge in [-0.2, -0.15) is 5.10 Å². The molecule has 1 fully saturated rings. The molecule has 3 atom stereocenters. The van der Waals surface area contributed by atoms with Crippen LogP contribution in [0.5, 0.6) is 5.75 Å². The second-order valence-electron chi connectivity index (χ2n) is 8.49. The Bertz CT molecular complexity index is 1120. The lowest BCUT2D eigenvalue weighted by atomic mass is 9.95. The lowest BCUT2D eigenvalue weighted by Gasteiger charge is -2.36. The summed E-state index contributed by atoms with van der Waals surface area (Å²) in [6.07, 6.45) is 5.07. The Hall–Kier alpha value is -3.17. The molecular formula is C24H28N6O2S. The van der Waals surface area contributed by atoms with Gasteiger partial charge in [0.2, 0.25) is 5.91 Å². The summed E-state index contributed by atoms with van der Waals surface area (Å²) in [5, 5.41) is 10.4. The molecule has 9 heteroatoms. The number of ether oxygens (including phenoxy) is 1. The Morgan fingerprint density at radius 2 is 2.12 bits per heavy atom. The summed E-state index contributed by atoms with van der Waals surface area (Å²) < 4.78 is 5.21. The molecule has 8 nitrogen and oxygen atoms in total. The van der Waals surface area contributed by atoms with Gasteiger partial charge in [-0.1, -0.05) is 41.6 Å². The monoisotopic (exact) mass is 464 g/mol. The number of fused-ring (bicyclic) bond motifs is 3. The minimum Gasteiger partial charge on any atom is -0.497 e. The van der Waals surface area contributed by atoms with Gasteiger partial charge in [0.1, 0.15) is 11.9 Å². The number of rotatable bonds is 5. The van der Waals surface area contributed by atoms with Crippen LogP contribution in [0.3, 0.4) is 0 Å². The van der Waals surface area contributed by atoms with Crippen molar-refractivity contribution in [2.75, 3.05) is 18.2 Å². The molecule has 2 aromatic carbocycles. The summed E-state index contributed by atoms with van der Waals surface area (Å²) >= 11 is 1.42. The van der Waals surface area contributed by atoms with Crippen LogP contribution in [-0.4, -0.2) is 46.1 Å². The highest BCUT2D eigenvalue weighted by atomic mass is 32.2. The van der Waals surface area contributed by atoms with E-state index in [4.69, 9.17) is 4.74 Å². The topological polar surface area (TPSA) is 81.2 Å². The number of benzene rings is 2. The number of thioether (sulfide) groups is 1. The smallest absolute Gasteiger partial charge is 0.234 e. The van der Waals surface area contributed by atoms with E-state index in [2.05, 4.69) is 69.4 Å². The van der Waals surface area contributed by atoms with Crippen molar-refractivity contribution in [3.05, 3.63) is 71.6 Å². The summed E-state index contributed by atoms with van der Waals surface area (Å²) in [5.74, 6) is 0.895. The zero-order chi connectivity index (χ0) is 22.9. The molecule has 0 radical (unpaired) electrons. The summed E-state index contributed by atoms with van der Waals surface area (Å²) in [6.45, 7) is 4.30. The number of methoxy groups -OCH3 is 1. The van der Waals surface area contributed by atoms with E-state index < -0.39 is 0 Å². The fraction of sp³-hybridized carbons (Fsp3) is 0.333. The molecule has 0 bridgehead atoms. The van der Waals surface area contributed by atoms with Gasteiger partial charge in [0.25, 0.3) is 0 Å². The van der Waals surface area contributed by atoms with Gasteiger partial charge in [0.15, 0.2) is 5.17 Å². The fourth-order valence-electron chi connectivity index (χ4n) is 4.52. The van der Waals surface area contributed by atoms with Gasteiger partial charge < -0.3 is 20.0 Å². The number of hydrazone groups is 1. The van der Waals surface area contributed by atoms with Gasteiger partial charge in [-0.15, -0.1) is 0 Å². The SMILES string of the molecule is COc1cccc(NC(=O)CSC2=NNC3C4CC(c5cc(C)ccc5C)NN4C=CN23)c1. The van der Waals surface area contributed by atoms with E-state index in [0.29, 0.717) is 11.4 Å². The second kappa shape index (κ2) is 8.99. The average Bonchev–Trinajstić information content (AvgIpc) is 3.43. The number of amides is 1. The molecule has 172 valence electrons. The van der Waals surface area contributed by atoms with Gasteiger partial charge in [-0.3, -0.25) is 10.2 Å². The Balaban J connectivity index is 1.19. The molecule has 0 aliphatic carbocycles. The molecule has 33 heavy (non-hydrogen) atoms. The van der Waals surface area contributed by atoms with Crippen LogP contribution >= 0.6 is 11.8 Å². The molecule has 1 amide bonds. The molecule has 3 aliphatic heterocycles. The normalized spacial score (nSPS) is 23.0. The van der Waals surface area contributed by atoms with Crippen LogP contribution in [0, 0.1) is 13.8 Å². The number of nitrogens with zero attached hydrogens (tertiary/aromatic N) is 3. The third-order valence-electron chi connectivity index (χ3n) is 6.20. The Morgan fingerprint density at radius 3 is 2.97 bits per heavy atom. The first-order valence-electron chi connectivity index (χ1n) is 11.0. The molecule has 2 aromatic rings. The van der Waals surface area contributed by atoms with Crippen LogP contribution in [0.15, 0.2) is 60.0 Å². The van der Waals surface area contributed by atoms with Crippen molar-refractivity contribution >= 4 is 28.5 Å². The van der Waals surface area contributed by atoms with E-state index in [1.165, 1.54) is 28.5 Å². The van der Waals surface area contributed by atoms with Gasteiger partial charge in [-0.05, 0) is 43.5 Å². The quantitative estimate of drug-likeness (QED) is 0.627. The number of nitrogens with one attached hydrogen (secondary N) is 3. The zero-order valence-corrected chi connectivity index (χ0v) is 19.7. The van der Waals surface area contributed by atoms with Crippen LogP contribution in [-0.2, 0) is 4.79 Å². The number of anilines is 1. The van der Waals surface area contributed by atoms with Crippen molar-refractivity contribution in [2.45, 2.75) is 38.5 Å². The summed E-state index contributed by atoms with van der Waals surface area (Å²) in [7, 11) is 1.61. The van der Waals surface area contributed by atoms with Gasteiger partial charge >= 0.3 is 0 Å². The minimum absolute atomic E-state index is 0.0292. The molecule has 0 spiro atoms. The Labute approximate surface area is 198 Å². The van der Waals surface area contributed by atoms with Crippen molar-refractivity contribution < 1.29 is 9.53 Å². The number of hydrazine groups is 1. The maximum absolute atomic E-state index is 12.5. The van der Waals surface area contributed by atoms with Crippen molar-refractivity contribution in [2.24, 2.45) is 5.10 Å². The van der Waals surface area contributed by atoms with Gasteiger partial charge in [-0.25, -0.2) is 5.43 Å². The van der Waals surface area contributed by atoms with E-state index in [-0.39, 0.29) is 29.9 Å². The molecule has 3 heterocycles. The standard InChI is InChI=1S/C24H28N6O2S/c1-15-7-8-16(2)19(11-15)20-13-21-23-26-27-24(29(23)9-10-30(21)28-20)33-14-22(31)25-17-5-4-6-18(12-17)32-3/h4-12,20-21,23,26,28H,13-14H2,1-3H3,(H,25,31). The number of amidine groups is 1. The molecular weight excluding hydrogens is 436 g/mol. The fourth-order valence-corrected chi connectivity index (χ4v) is 5.29. The van der Waals surface area contributed by atoms with E-state index in [0.717, 1.165) is 11.6 Å². The van der Waals surface area contributed by atoms with Crippen LogP contribution in [0.4, 0.5) is 5.69 Å². The van der Waals surface area contributed by atoms with E-state index >= 15 is 0 Å². The summed E-state index contributed by atoms with van der Waals surface area (Å²) in [4.78, 5) is 14.6. The summed E-state index contributed by atoms with van der Waals surface area (Å²) in [5.41, 5.74) is 11.5. The number of aryl methyl sites for hydroxylation is 2. The predicted molar refractivity (Wildman–Crippen MR) is 131 cm³/mol. The average molecular weight is 465 g/mol. The van der Waals surface area contributed by atoms with E-state index in [9.17, 15) is 4.79 Å². The third kappa shape index (κ3) is 4.38. The van der Waals surface area contributed by atoms with Crippen LogP contribution in [0.2, 0.25) is 0 Å². The molecule has 1 saturated heterocycles. The number of carbonyl (C=O) groups excluding carboxylic acids is 1. The number of hydrogen-bond acceptors (Lipinski definition) is 8. The highest BCUT2D eigenvalue weighted by Crippen LogP contribution is 2.36. The Kier molecular flexibility index (Phi) is 5.90. The number of carbonyl (C=O) groups is 1. The minimum atomic E-state index is -0.0838. The Morgan fingerprint density at radius 1 is 1.24 bits per heavy atom.